The van der Waals surface area contributed by atoms with Crippen molar-refractivity contribution in [1.82, 2.24) is 5.32 Å². The molecule has 1 N–H and O–H groups in total. The molecule has 1 heterocycles. The maximum absolute atomic E-state index is 12.1. The van der Waals surface area contributed by atoms with Crippen LogP contribution in [0.15, 0.2) is 0 Å². The fraction of sp³-hybridized carbons (Fsp3) is 1.00. The first-order valence-corrected chi connectivity index (χ1v) is 4.83. The molecule has 0 spiro atoms. The third-order valence-corrected chi connectivity index (χ3v) is 2.32. The molecule has 0 aliphatic carbocycles. The minimum absolute atomic E-state index is 0.134. The molecule has 78 valence electrons. The summed E-state index contributed by atoms with van der Waals surface area (Å²) in [5.41, 5.74) is 0. The van der Waals surface area contributed by atoms with E-state index in [4.69, 9.17) is 4.74 Å². The summed E-state index contributed by atoms with van der Waals surface area (Å²) in [4.78, 5) is 0. The molecule has 0 aromatic rings. The molecule has 0 aromatic carbocycles. The van der Waals surface area contributed by atoms with E-state index in [-0.39, 0.29) is 6.10 Å². The van der Waals surface area contributed by atoms with Crippen LogP contribution in [0, 0.1) is 0 Å². The molecule has 2 nitrogen and oxygen atoms in total. The lowest BCUT2D eigenvalue weighted by Gasteiger charge is -2.24. The van der Waals surface area contributed by atoms with E-state index in [9.17, 15) is 8.78 Å². The molecule has 0 bridgehead atoms. The van der Waals surface area contributed by atoms with Crippen LogP contribution in [0.1, 0.15) is 26.2 Å². The molecule has 1 fully saturated rings. The van der Waals surface area contributed by atoms with E-state index in [1.54, 1.807) is 0 Å². The topological polar surface area (TPSA) is 21.3 Å². The molecule has 0 saturated carbocycles. The molecule has 0 amide bonds. The van der Waals surface area contributed by atoms with Crippen LogP contribution in [0.2, 0.25) is 0 Å². The minimum Gasteiger partial charge on any atom is -0.377 e. The Balaban J connectivity index is 2.10. The average Bonchev–Trinajstić information content (AvgIpc) is 2.15. The highest BCUT2D eigenvalue weighted by Crippen LogP contribution is 2.12. The first-order chi connectivity index (χ1) is 6.20. The maximum atomic E-state index is 12.1. The van der Waals surface area contributed by atoms with Gasteiger partial charge in [0.15, 0.2) is 0 Å². The summed E-state index contributed by atoms with van der Waals surface area (Å²) < 4.78 is 29.6. The summed E-state index contributed by atoms with van der Waals surface area (Å²) in [6.45, 7) is 2.81. The fourth-order valence-corrected chi connectivity index (χ4v) is 1.37. The molecule has 0 aromatic heterocycles. The van der Waals surface area contributed by atoms with Gasteiger partial charge in [-0.2, -0.15) is 0 Å². The van der Waals surface area contributed by atoms with Crippen molar-refractivity contribution in [3.05, 3.63) is 0 Å². The molecule has 0 radical (unpaired) electrons. The summed E-state index contributed by atoms with van der Waals surface area (Å²) in [5, 5.41) is 2.78. The van der Waals surface area contributed by atoms with E-state index in [2.05, 4.69) is 5.32 Å². The zero-order valence-electron chi connectivity index (χ0n) is 7.93. The Morgan fingerprint density at radius 2 is 2.23 bits per heavy atom. The second-order valence-electron chi connectivity index (χ2n) is 3.52. The first-order valence-electron chi connectivity index (χ1n) is 4.83. The summed E-state index contributed by atoms with van der Waals surface area (Å²) in [5.74, 6) is 0. The van der Waals surface area contributed by atoms with Gasteiger partial charge < -0.3 is 10.1 Å². The van der Waals surface area contributed by atoms with Gasteiger partial charge in [0.1, 0.15) is 0 Å². The largest absolute Gasteiger partial charge is 0.377 e. The lowest BCUT2D eigenvalue weighted by Crippen LogP contribution is -2.39. The number of hydrogen-bond donors (Lipinski definition) is 1. The summed E-state index contributed by atoms with van der Waals surface area (Å²) in [6.07, 6.45) is 1.08. The predicted octanol–water partition coefficient (Wildman–Crippen LogP) is 1.80. The third-order valence-electron chi connectivity index (χ3n) is 2.32. The third kappa shape index (κ3) is 4.00. The molecule has 1 saturated heterocycles. The van der Waals surface area contributed by atoms with Crippen molar-refractivity contribution in [3.8, 4) is 0 Å². The number of hydrogen-bond acceptors (Lipinski definition) is 2. The van der Waals surface area contributed by atoms with Crippen LogP contribution < -0.4 is 5.32 Å². The Labute approximate surface area is 77.6 Å². The lowest BCUT2D eigenvalue weighted by molar-refractivity contribution is 0.0101. The number of halogens is 2. The fourth-order valence-electron chi connectivity index (χ4n) is 1.37. The van der Waals surface area contributed by atoms with Gasteiger partial charge >= 0.3 is 0 Å². The van der Waals surface area contributed by atoms with Gasteiger partial charge in [-0.05, 0) is 26.2 Å². The van der Waals surface area contributed by atoms with Gasteiger partial charge in [-0.15, -0.1) is 0 Å². The van der Waals surface area contributed by atoms with Gasteiger partial charge in [0.25, 0.3) is 6.43 Å². The Morgan fingerprint density at radius 3 is 2.77 bits per heavy atom. The Hall–Kier alpha value is -0.220. The zero-order valence-corrected chi connectivity index (χ0v) is 7.93. The summed E-state index contributed by atoms with van der Waals surface area (Å²) in [6, 6.07) is -0.731. The summed E-state index contributed by atoms with van der Waals surface area (Å²) >= 11 is 0. The number of ether oxygens (including phenoxy) is 1. The molecular formula is C9H17F2NO. The highest BCUT2D eigenvalue weighted by molar-refractivity contribution is 4.70. The molecule has 13 heavy (non-hydrogen) atoms. The highest BCUT2D eigenvalue weighted by atomic mass is 19.3. The van der Waals surface area contributed by atoms with Gasteiger partial charge in [-0.3, -0.25) is 0 Å². The van der Waals surface area contributed by atoms with Gasteiger partial charge in [0.05, 0.1) is 12.1 Å². The van der Waals surface area contributed by atoms with E-state index in [1.807, 2.05) is 0 Å². The van der Waals surface area contributed by atoms with Crippen LogP contribution in [0.25, 0.3) is 0 Å². The highest BCUT2D eigenvalue weighted by Gasteiger charge is 2.18. The quantitative estimate of drug-likeness (QED) is 0.735. The predicted molar refractivity (Wildman–Crippen MR) is 47.1 cm³/mol. The van der Waals surface area contributed by atoms with Crippen LogP contribution in [0.4, 0.5) is 8.78 Å². The number of rotatable bonds is 4. The van der Waals surface area contributed by atoms with E-state index in [0.717, 1.165) is 25.9 Å². The van der Waals surface area contributed by atoms with Crippen LogP contribution in [0.5, 0.6) is 0 Å². The van der Waals surface area contributed by atoms with E-state index >= 15 is 0 Å². The average molecular weight is 193 g/mol. The second-order valence-corrected chi connectivity index (χ2v) is 3.52. The van der Waals surface area contributed by atoms with E-state index in [1.165, 1.54) is 6.92 Å². The Kier molecular flexibility index (Phi) is 4.59. The monoisotopic (exact) mass is 193 g/mol. The van der Waals surface area contributed by atoms with Crippen molar-refractivity contribution in [2.24, 2.45) is 0 Å². The molecule has 4 heteroatoms. The van der Waals surface area contributed by atoms with Crippen molar-refractivity contribution in [3.63, 3.8) is 0 Å². The second kappa shape index (κ2) is 5.50. The molecule has 2 unspecified atom stereocenters. The number of alkyl halides is 2. The maximum Gasteiger partial charge on any atom is 0.253 e. The van der Waals surface area contributed by atoms with Gasteiger partial charge in [-0.1, -0.05) is 0 Å². The van der Waals surface area contributed by atoms with Crippen molar-refractivity contribution in [2.45, 2.75) is 44.8 Å². The van der Waals surface area contributed by atoms with Crippen LogP contribution in [-0.4, -0.2) is 31.7 Å². The van der Waals surface area contributed by atoms with Gasteiger partial charge in [-0.25, -0.2) is 8.78 Å². The van der Waals surface area contributed by atoms with E-state index < -0.39 is 12.5 Å². The Morgan fingerprint density at radius 1 is 1.46 bits per heavy atom. The lowest BCUT2D eigenvalue weighted by atomic mass is 10.1. The summed E-state index contributed by atoms with van der Waals surface area (Å²) in [7, 11) is 0. The first kappa shape index (κ1) is 10.9. The Bertz CT molecular complexity index is 138. The molecular weight excluding hydrogens is 176 g/mol. The number of nitrogens with one attached hydrogen (secondary N) is 1. The standard InChI is InChI=1S/C9H17F2NO/c1-7(9(10)11)12-6-8-4-2-3-5-13-8/h7-9,12H,2-6H2,1H3. The smallest absolute Gasteiger partial charge is 0.253 e. The van der Waals surface area contributed by atoms with Gasteiger partial charge in [0.2, 0.25) is 0 Å². The van der Waals surface area contributed by atoms with Crippen molar-refractivity contribution >= 4 is 0 Å². The van der Waals surface area contributed by atoms with E-state index in [0.29, 0.717) is 6.54 Å². The van der Waals surface area contributed by atoms with Crippen molar-refractivity contribution in [1.29, 1.82) is 0 Å². The van der Waals surface area contributed by atoms with Crippen molar-refractivity contribution in [2.75, 3.05) is 13.2 Å². The molecule has 1 aliphatic heterocycles. The van der Waals surface area contributed by atoms with Crippen LogP contribution in [-0.2, 0) is 4.74 Å². The molecule has 2 atom stereocenters. The van der Waals surface area contributed by atoms with Crippen molar-refractivity contribution < 1.29 is 13.5 Å². The minimum atomic E-state index is -2.29. The normalized spacial score (nSPS) is 26.3. The van der Waals surface area contributed by atoms with Crippen LogP contribution >= 0.6 is 0 Å². The SMILES string of the molecule is CC(NCC1CCCCO1)C(F)F. The molecule has 1 aliphatic rings. The van der Waals surface area contributed by atoms with Gasteiger partial charge in [0, 0.05) is 13.2 Å². The van der Waals surface area contributed by atoms with Crippen LogP contribution in [0.3, 0.4) is 0 Å². The zero-order chi connectivity index (χ0) is 9.68. The molecule has 1 rings (SSSR count).